The monoisotopic (exact) mass is 360 g/mol. The molecule has 8 heteroatoms. The molecule has 0 amide bonds. The Labute approximate surface area is 139 Å². The van der Waals surface area contributed by atoms with Gasteiger partial charge in [0.15, 0.2) is 5.78 Å². The third-order valence-corrected chi connectivity index (χ3v) is 3.45. The largest absolute Gasteiger partial charge is 0.435 e. The lowest BCUT2D eigenvalue weighted by Crippen LogP contribution is -2.14. The van der Waals surface area contributed by atoms with Gasteiger partial charge >= 0.3 is 12.8 Å². The van der Waals surface area contributed by atoms with Crippen molar-refractivity contribution < 1.29 is 36.6 Å². The number of ketones is 1. The summed E-state index contributed by atoms with van der Waals surface area (Å²) in [6.07, 6.45) is -6.42. The Kier molecular flexibility index (Phi) is 5.42. The smallest absolute Gasteiger partial charge is 0.416 e. The normalized spacial score (nSPS) is 13.0. The van der Waals surface area contributed by atoms with Crippen LogP contribution in [0.2, 0.25) is 0 Å². The molecular weight excluding hydrogens is 347 g/mol. The molecule has 1 N–H and O–H groups in total. The molecule has 0 spiro atoms. The fraction of sp³-hybridized carbons (Fsp3) is 0.235. The van der Waals surface area contributed by atoms with Gasteiger partial charge in [-0.05, 0) is 48.4 Å². The number of aliphatic hydroxyl groups is 1. The van der Waals surface area contributed by atoms with Crippen LogP contribution in [0.3, 0.4) is 0 Å². The van der Waals surface area contributed by atoms with Crippen LogP contribution < -0.4 is 4.74 Å². The number of Topliss-reactive ketones (excluding diaryl/α,β-unsaturated/α-hetero) is 1. The highest BCUT2D eigenvalue weighted by atomic mass is 19.4. The molecule has 0 saturated heterocycles. The standard InChI is InChI=1S/C17H13F5O3/c1-9-7-11(5-6-13(9)25-16(18)19)15(24)14(23)10-3-2-4-12(8-10)17(20,21)22/h2-8,14,16,23H,1H3. The van der Waals surface area contributed by atoms with E-state index in [0.29, 0.717) is 6.07 Å². The van der Waals surface area contributed by atoms with E-state index in [1.165, 1.54) is 19.1 Å². The summed E-state index contributed by atoms with van der Waals surface area (Å²) in [6.45, 7) is -1.61. The Morgan fingerprint density at radius 3 is 2.36 bits per heavy atom. The van der Waals surface area contributed by atoms with Crippen LogP contribution in [0.5, 0.6) is 5.75 Å². The van der Waals surface area contributed by atoms with Crippen LogP contribution in [0, 0.1) is 6.92 Å². The summed E-state index contributed by atoms with van der Waals surface area (Å²) in [5.41, 5.74) is -1.02. The maximum Gasteiger partial charge on any atom is 0.416 e. The van der Waals surface area contributed by atoms with E-state index in [-0.39, 0.29) is 22.4 Å². The van der Waals surface area contributed by atoms with Crippen molar-refractivity contribution in [3.8, 4) is 5.75 Å². The second-order valence-corrected chi connectivity index (χ2v) is 5.25. The average molecular weight is 360 g/mol. The highest BCUT2D eigenvalue weighted by Gasteiger charge is 2.31. The van der Waals surface area contributed by atoms with E-state index in [4.69, 9.17) is 0 Å². The number of benzene rings is 2. The summed E-state index contributed by atoms with van der Waals surface area (Å²) in [5.74, 6) is -0.994. The van der Waals surface area contributed by atoms with E-state index in [9.17, 15) is 31.9 Å². The van der Waals surface area contributed by atoms with E-state index in [1.54, 1.807) is 0 Å². The van der Waals surface area contributed by atoms with Crippen LogP contribution in [-0.2, 0) is 6.18 Å². The minimum atomic E-state index is -4.61. The van der Waals surface area contributed by atoms with Crippen LogP contribution in [-0.4, -0.2) is 17.5 Å². The summed E-state index contributed by atoms with van der Waals surface area (Å²) in [7, 11) is 0. The lowest BCUT2D eigenvalue weighted by Gasteiger charge is -2.14. The van der Waals surface area contributed by atoms with Gasteiger partial charge in [0.1, 0.15) is 11.9 Å². The Morgan fingerprint density at radius 2 is 1.80 bits per heavy atom. The topological polar surface area (TPSA) is 46.5 Å². The SMILES string of the molecule is Cc1cc(C(=O)C(O)c2cccc(C(F)(F)F)c2)ccc1OC(F)F. The molecule has 0 aliphatic heterocycles. The first kappa shape index (κ1) is 18.9. The van der Waals surface area contributed by atoms with Crippen LogP contribution in [0.15, 0.2) is 42.5 Å². The minimum absolute atomic E-state index is 0.0379. The number of carbonyl (C=O) groups excluding carboxylic acids is 1. The maximum atomic E-state index is 12.7. The number of ether oxygens (including phenoxy) is 1. The zero-order chi connectivity index (χ0) is 18.8. The molecule has 0 aromatic heterocycles. The number of rotatable bonds is 5. The van der Waals surface area contributed by atoms with Crippen molar-refractivity contribution in [1.82, 2.24) is 0 Å². The number of carbonyl (C=O) groups is 1. The number of hydrogen-bond donors (Lipinski definition) is 1. The van der Waals surface area contributed by atoms with Gasteiger partial charge in [0.2, 0.25) is 0 Å². The fourth-order valence-electron chi connectivity index (χ4n) is 2.23. The van der Waals surface area contributed by atoms with Crippen molar-refractivity contribution in [1.29, 1.82) is 0 Å². The Morgan fingerprint density at radius 1 is 1.12 bits per heavy atom. The first-order chi connectivity index (χ1) is 11.6. The second kappa shape index (κ2) is 7.18. The zero-order valence-electron chi connectivity index (χ0n) is 12.8. The van der Waals surface area contributed by atoms with E-state index >= 15 is 0 Å². The summed E-state index contributed by atoms with van der Waals surface area (Å²) in [5, 5.41) is 10.1. The molecule has 1 unspecified atom stereocenters. The van der Waals surface area contributed by atoms with Gasteiger partial charge in [-0.1, -0.05) is 12.1 Å². The maximum absolute atomic E-state index is 12.7. The predicted octanol–water partition coefficient (Wildman–Crippen LogP) is 4.53. The average Bonchev–Trinajstić information content (AvgIpc) is 2.54. The fourth-order valence-corrected chi connectivity index (χ4v) is 2.23. The first-order valence-corrected chi connectivity index (χ1v) is 7.04. The summed E-state index contributed by atoms with van der Waals surface area (Å²) < 4.78 is 66.8. The number of aliphatic hydroxyl groups excluding tert-OH is 1. The third kappa shape index (κ3) is 4.54. The molecular formula is C17H13F5O3. The molecule has 0 radical (unpaired) electrons. The van der Waals surface area contributed by atoms with Crippen LogP contribution in [0.25, 0.3) is 0 Å². The Balaban J connectivity index is 2.27. The van der Waals surface area contributed by atoms with Gasteiger partial charge in [-0.25, -0.2) is 0 Å². The molecule has 0 heterocycles. The molecule has 0 aliphatic carbocycles. The number of hydrogen-bond acceptors (Lipinski definition) is 3. The van der Waals surface area contributed by atoms with Gasteiger partial charge < -0.3 is 9.84 Å². The van der Waals surface area contributed by atoms with Crippen molar-refractivity contribution in [2.24, 2.45) is 0 Å². The predicted molar refractivity (Wildman–Crippen MR) is 78.5 cm³/mol. The van der Waals surface area contributed by atoms with Crippen molar-refractivity contribution in [2.75, 3.05) is 0 Å². The van der Waals surface area contributed by atoms with E-state index in [2.05, 4.69) is 4.74 Å². The summed E-state index contributed by atoms with van der Waals surface area (Å²) in [6, 6.07) is 7.29. The van der Waals surface area contributed by atoms with Gasteiger partial charge in [0.05, 0.1) is 5.56 Å². The summed E-state index contributed by atoms with van der Waals surface area (Å²) in [4.78, 5) is 12.3. The van der Waals surface area contributed by atoms with Crippen molar-refractivity contribution in [3.05, 3.63) is 64.7 Å². The van der Waals surface area contributed by atoms with Crippen LogP contribution in [0.4, 0.5) is 22.0 Å². The van der Waals surface area contributed by atoms with Gasteiger partial charge in [0, 0.05) is 5.56 Å². The molecule has 2 rings (SSSR count). The quantitative estimate of drug-likeness (QED) is 0.629. The second-order valence-electron chi connectivity index (χ2n) is 5.25. The molecule has 134 valence electrons. The molecule has 0 saturated carbocycles. The van der Waals surface area contributed by atoms with Crippen molar-refractivity contribution in [2.45, 2.75) is 25.8 Å². The molecule has 1 atom stereocenters. The van der Waals surface area contributed by atoms with Crippen molar-refractivity contribution >= 4 is 5.78 Å². The lowest BCUT2D eigenvalue weighted by molar-refractivity contribution is -0.137. The molecule has 0 aliphatic rings. The molecule has 2 aromatic rings. The molecule has 2 aromatic carbocycles. The van der Waals surface area contributed by atoms with Crippen molar-refractivity contribution in [3.63, 3.8) is 0 Å². The summed E-state index contributed by atoms with van der Waals surface area (Å²) >= 11 is 0. The Hall–Kier alpha value is -2.48. The zero-order valence-corrected chi connectivity index (χ0v) is 12.8. The van der Waals surface area contributed by atoms with Gasteiger partial charge in [0.25, 0.3) is 0 Å². The lowest BCUT2D eigenvalue weighted by atomic mass is 9.97. The highest BCUT2D eigenvalue weighted by molar-refractivity contribution is 6.00. The van der Waals surface area contributed by atoms with Gasteiger partial charge in [-0.15, -0.1) is 0 Å². The first-order valence-electron chi connectivity index (χ1n) is 7.04. The molecule has 0 bridgehead atoms. The van der Waals surface area contributed by atoms with Gasteiger partial charge in [-0.3, -0.25) is 4.79 Å². The van der Waals surface area contributed by atoms with E-state index in [0.717, 1.165) is 24.3 Å². The van der Waals surface area contributed by atoms with Crippen LogP contribution in [0.1, 0.15) is 33.2 Å². The van der Waals surface area contributed by atoms with Gasteiger partial charge in [-0.2, -0.15) is 22.0 Å². The molecule has 3 nitrogen and oxygen atoms in total. The minimum Gasteiger partial charge on any atom is -0.435 e. The number of halogens is 5. The Bertz CT molecular complexity index is 771. The number of aryl methyl sites for hydroxylation is 1. The molecule has 25 heavy (non-hydrogen) atoms. The van der Waals surface area contributed by atoms with E-state index in [1.807, 2.05) is 0 Å². The van der Waals surface area contributed by atoms with Crippen LogP contribution >= 0.6 is 0 Å². The third-order valence-electron chi connectivity index (χ3n) is 3.45. The number of alkyl halides is 5. The van der Waals surface area contributed by atoms with E-state index < -0.39 is 30.2 Å². The highest BCUT2D eigenvalue weighted by Crippen LogP contribution is 2.31. The molecule has 0 fully saturated rings.